The highest BCUT2D eigenvalue weighted by Crippen LogP contribution is 2.54. The molecule has 2 aliphatic rings. The highest BCUT2D eigenvalue weighted by molar-refractivity contribution is 6.02. The fraction of sp³-hybridized carbons (Fsp3) is 0.214. The summed E-state index contributed by atoms with van der Waals surface area (Å²) in [5.41, 5.74) is 2.21. The Kier molecular flexibility index (Phi) is 5.62. The van der Waals surface area contributed by atoms with Crippen LogP contribution >= 0.6 is 0 Å². The van der Waals surface area contributed by atoms with Crippen molar-refractivity contribution in [3.8, 4) is 34.1 Å². The lowest BCUT2D eigenvalue weighted by atomic mass is 9.82. The molecule has 0 radical (unpaired) electrons. The Hall–Kier alpha value is -4.14. The lowest BCUT2D eigenvalue weighted by Gasteiger charge is -2.35. The number of benzene rings is 3. The molecule has 2 heterocycles. The van der Waals surface area contributed by atoms with E-state index in [-0.39, 0.29) is 28.5 Å². The zero-order valence-corrected chi connectivity index (χ0v) is 20.6. The maximum Gasteiger partial charge on any atom is 0.204 e. The van der Waals surface area contributed by atoms with Crippen molar-refractivity contribution in [1.82, 2.24) is 0 Å². The van der Waals surface area contributed by atoms with Gasteiger partial charge in [0.1, 0.15) is 11.5 Å². The van der Waals surface area contributed by atoms with E-state index in [2.05, 4.69) is 10.1 Å². The third-order valence-corrected chi connectivity index (χ3v) is 6.41. The van der Waals surface area contributed by atoms with Crippen molar-refractivity contribution in [3.05, 3.63) is 70.3 Å². The predicted octanol–water partition coefficient (Wildman–Crippen LogP) is 7.13. The average molecular weight is 513 g/mol. The number of phenolic OH excluding ortho intramolecular Hbond substituents is 1. The number of methoxy groups -OCH3 is 2. The van der Waals surface area contributed by atoms with Crippen molar-refractivity contribution in [2.45, 2.75) is 26.3 Å². The molecule has 9 heteroatoms. The number of anilines is 1. The molecule has 0 fully saturated rings. The van der Waals surface area contributed by atoms with Gasteiger partial charge < -0.3 is 24.6 Å². The van der Waals surface area contributed by atoms with Gasteiger partial charge in [0.15, 0.2) is 28.9 Å². The van der Waals surface area contributed by atoms with Crippen molar-refractivity contribution < 1.29 is 36.9 Å². The van der Waals surface area contributed by atoms with Crippen LogP contribution in [0.5, 0.6) is 23.0 Å². The SMILES string of the molecule is COc1c(F)c(F)c(/C=C2\Oc3ccc(O)c(OC)c3-c3ccc4c(c32)C(C)=CC(C)(C)N4)c(F)c1F. The van der Waals surface area contributed by atoms with E-state index >= 15 is 0 Å². The van der Waals surface area contributed by atoms with Gasteiger partial charge in [0, 0.05) is 22.4 Å². The number of aromatic hydroxyl groups is 1. The van der Waals surface area contributed by atoms with Gasteiger partial charge in [-0.05, 0) is 50.6 Å². The van der Waals surface area contributed by atoms with E-state index in [0.717, 1.165) is 18.8 Å². The zero-order chi connectivity index (χ0) is 26.8. The molecule has 0 aliphatic carbocycles. The highest BCUT2D eigenvalue weighted by atomic mass is 19.2. The quantitative estimate of drug-likeness (QED) is 0.288. The number of halogens is 4. The van der Waals surface area contributed by atoms with Crippen LogP contribution in [0.1, 0.15) is 37.5 Å². The number of fused-ring (bicyclic) bond motifs is 5. The summed E-state index contributed by atoms with van der Waals surface area (Å²) in [6.45, 7) is 5.84. The van der Waals surface area contributed by atoms with Crippen LogP contribution in [-0.4, -0.2) is 24.9 Å². The van der Waals surface area contributed by atoms with Crippen molar-refractivity contribution in [3.63, 3.8) is 0 Å². The summed E-state index contributed by atoms with van der Waals surface area (Å²) in [5, 5.41) is 13.8. The minimum absolute atomic E-state index is 0.0527. The molecule has 3 aromatic rings. The van der Waals surface area contributed by atoms with Gasteiger partial charge in [-0.3, -0.25) is 0 Å². The van der Waals surface area contributed by atoms with E-state index in [1.54, 1.807) is 6.07 Å². The van der Waals surface area contributed by atoms with E-state index < -0.39 is 34.6 Å². The summed E-state index contributed by atoms with van der Waals surface area (Å²) in [6, 6.07) is 6.42. The maximum atomic E-state index is 15.0. The standard InChI is InChI=1S/C28H23F4NO4/c1-12-11-28(2,3)33-15-7-6-13-20(19(12)15)18(37-17-9-8-16(34)26(35-4)21(13)17)10-14-22(29)24(31)27(36-5)25(32)23(14)30/h6-11,33-34H,1-5H3/b18-10-. The topological polar surface area (TPSA) is 60.0 Å². The lowest BCUT2D eigenvalue weighted by molar-refractivity contribution is 0.331. The van der Waals surface area contributed by atoms with Gasteiger partial charge >= 0.3 is 0 Å². The summed E-state index contributed by atoms with van der Waals surface area (Å²) in [6.07, 6.45) is 2.90. The molecule has 0 unspecified atom stereocenters. The van der Waals surface area contributed by atoms with Crippen LogP contribution in [0.15, 0.2) is 30.3 Å². The van der Waals surface area contributed by atoms with Crippen LogP contribution < -0.4 is 19.5 Å². The predicted molar refractivity (Wildman–Crippen MR) is 133 cm³/mol. The van der Waals surface area contributed by atoms with Crippen molar-refractivity contribution in [1.29, 1.82) is 0 Å². The van der Waals surface area contributed by atoms with Gasteiger partial charge in [-0.25, -0.2) is 8.78 Å². The van der Waals surface area contributed by atoms with Gasteiger partial charge in [0.05, 0.1) is 30.9 Å². The van der Waals surface area contributed by atoms with Gasteiger partial charge in [0.2, 0.25) is 11.6 Å². The Bertz CT molecular complexity index is 1510. The summed E-state index contributed by atoms with van der Waals surface area (Å²) >= 11 is 0. The Morgan fingerprint density at radius 3 is 2.14 bits per heavy atom. The first-order valence-electron chi connectivity index (χ1n) is 11.3. The summed E-state index contributed by atoms with van der Waals surface area (Å²) in [4.78, 5) is 0. The monoisotopic (exact) mass is 513 g/mol. The highest BCUT2D eigenvalue weighted by Gasteiger charge is 2.34. The fourth-order valence-corrected chi connectivity index (χ4v) is 5.01. The summed E-state index contributed by atoms with van der Waals surface area (Å²) in [5.74, 6) is -7.56. The summed E-state index contributed by atoms with van der Waals surface area (Å²) < 4.78 is 75.0. The normalized spacial score (nSPS) is 16.1. The minimum Gasteiger partial charge on any atom is -0.504 e. The molecule has 192 valence electrons. The molecule has 3 aromatic carbocycles. The second-order valence-electron chi connectivity index (χ2n) is 9.39. The largest absolute Gasteiger partial charge is 0.504 e. The molecule has 0 saturated heterocycles. The zero-order valence-electron chi connectivity index (χ0n) is 20.6. The number of nitrogens with one attached hydrogen (secondary N) is 1. The van der Waals surface area contributed by atoms with E-state index in [4.69, 9.17) is 9.47 Å². The summed E-state index contributed by atoms with van der Waals surface area (Å²) in [7, 11) is 2.30. The molecule has 0 aromatic heterocycles. The van der Waals surface area contributed by atoms with Gasteiger partial charge in [-0.2, -0.15) is 8.78 Å². The van der Waals surface area contributed by atoms with Crippen molar-refractivity contribution in [2.75, 3.05) is 19.5 Å². The number of hydrogen-bond donors (Lipinski definition) is 2. The molecular weight excluding hydrogens is 490 g/mol. The first-order valence-corrected chi connectivity index (χ1v) is 11.3. The molecule has 0 bridgehead atoms. The molecule has 0 atom stereocenters. The maximum absolute atomic E-state index is 15.0. The third-order valence-electron chi connectivity index (χ3n) is 6.41. The Morgan fingerprint density at radius 1 is 0.865 bits per heavy atom. The molecule has 2 N–H and O–H groups in total. The second-order valence-corrected chi connectivity index (χ2v) is 9.39. The van der Waals surface area contributed by atoms with Crippen molar-refractivity contribution >= 4 is 23.1 Å². The Labute approximate surface area is 210 Å². The van der Waals surface area contributed by atoms with E-state index in [1.807, 2.05) is 32.9 Å². The first-order chi connectivity index (χ1) is 17.5. The second kappa shape index (κ2) is 8.47. The third kappa shape index (κ3) is 3.68. The van der Waals surface area contributed by atoms with Crippen LogP contribution in [-0.2, 0) is 0 Å². The molecule has 0 amide bonds. The number of phenols is 1. The number of rotatable bonds is 3. The van der Waals surface area contributed by atoms with E-state index in [0.29, 0.717) is 27.9 Å². The minimum atomic E-state index is -1.66. The smallest absolute Gasteiger partial charge is 0.204 e. The number of ether oxygens (including phenoxy) is 3. The van der Waals surface area contributed by atoms with E-state index in [9.17, 15) is 22.7 Å². The van der Waals surface area contributed by atoms with Gasteiger partial charge in [-0.1, -0.05) is 12.1 Å². The number of allylic oxidation sites excluding steroid dienone is 1. The molecule has 0 saturated carbocycles. The average Bonchev–Trinajstić information content (AvgIpc) is 2.84. The molecule has 5 nitrogen and oxygen atoms in total. The van der Waals surface area contributed by atoms with Crippen LogP contribution in [0.4, 0.5) is 23.2 Å². The molecular formula is C28H23F4NO4. The van der Waals surface area contributed by atoms with E-state index in [1.165, 1.54) is 19.2 Å². The Morgan fingerprint density at radius 2 is 1.51 bits per heavy atom. The molecule has 2 aliphatic heterocycles. The molecule has 37 heavy (non-hydrogen) atoms. The van der Waals surface area contributed by atoms with Crippen LogP contribution in [0.3, 0.4) is 0 Å². The molecule has 0 spiro atoms. The lowest BCUT2D eigenvalue weighted by Crippen LogP contribution is -2.32. The van der Waals surface area contributed by atoms with Crippen LogP contribution in [0, 0.1) is 23.3 Å². The molecule has 5 rings (SSSR count). The fourth-order valence-electron chi connectivity index (χ4n) is 5.01. The van der Waals surface area contributed by atoms with Crippen molar-refractivity contribution in [2.24, 2.45) is 0 Å². The van der Waals surface area contributed by atoms with Crippen LogP contribution in [0.25, 0.3) is 28.5 Å². The van der Waals surface area contributed by atoms with Gasteiger partial charge in [-0.15, -0.1) is 0 Å². The first kappa shape index (κ1) is 24.5. The Balaban J connectivity index is 1.87. The van der Waals surface area contributed by atoms with Crippen LogP contribution in [0.2, 0.25) is 0 Å². The number of hydrogen-bond acceptors (Lipinski definition) is 5. The van der Waals surface area contributed by atoms with Gasteiger partial charge in [0.25, 0.3) is 0 Å².